The lowest BCUT2D eigenvalue weighted by atomic mass is 9.92. The Kier molecular flexibility index (Phi) is 6.79. The molecule has 27 heavy (non-hydrogen) atoms. The number of carbonyl (C=O) groups excluding carboxylic acids is 2. The first-order valence-corrected chi connectivity index (χ1v) is 8.45. The Bertz CT molecular complexity index is 754. The maximum atomic E-state index is 13.4. The van der Waals surface area contributed by atoms with Crippen LogP contribution in [0.3, 0.4) is 0 Å². The van der Waals surface area contributed by atoms with Crippen LogP contribution < -0.4 is 5.32 Å². The molecule has 0 aromatic heterocycles. The molecular formula is C19H20F3NO4. The molecule has 1 aromatic rings. The Morgan fingerprint density at radius 2 is 1.81 bits per heavy atom. The second-order valence-corrected chi connectivity index (χ2v) is 5.68. The summed E-state index contributed by atoms with van der Waals surface area (Å²) in [6, 6.07) is 8.19. The van der Waals surface area contributed by atoms with Crippen LogP contribution in [0.15, 0.2) is 53.3 Å². The molecule has 5 nitrogen and oxygen atoms in total. The van der Waals surface area contributed by atoms with E-state index in [-0.39, 0.29) is 18.9 Å². The summed E-state index contributed by atoms with van der Waals surface area (Å²) in [5, 5.41) is 2.56. The molecule has 8 heteroatoms. The van der Waals surface area contributed by atoms with Crippen LogP contribution in [0.1, 0.15) is 30.6 Å². The summed E-state index contributed by atoms with van der Waals surface area (Å²) in [6.07, 6.45) is -5.35. The second-order valence-electron chi connectivity index (χ2n) is 5.68. The summed E-state index contributed by atoms with van der Waals surface area (Å²) in [6.45, 7) is 3.21. The van der Waals surface area contributed by atoms with Gasteiger partial charge < -0.3 is 14.8 Å². The van der Waals surface area contributed by atoms with E-state index in [9.17, 15) is 22.8 Å². The Balaban J connectivity index is 2.42. The average Bonchev–Trinajstić information content (AvgIpc) is 2.63. The quantitative estimate of drug-likeness (QED) is 0.764. The molecule has 1 aliphatic rings. The highest BCUT2D eigenvalue weighted by Crippen LogP contribution is 2.37. The molecule has 0 saturated carbocycles. The minimum atomic E-state index is -4.72. The Hall–Kier alpha value is -2.61. The summed E-state index contributed by atoms with van der Waals surface area (Å²) in [5.74, 6) is -1.60. The van der Waals surface area contributed by atoms with Crippen molar-refractivity contribution in [2.75, 3.05) is 13.2 Å². The predicted molar refractivity (Wildman–Crippen MR) is 91.7 cm³/mol. The number of esters is 1. The van der Waals surface area contributed by atoms with Crippen LogP contribution in [0.2, 0.25) is 0 Å². The molecule has 0 bridgehead atoms. The van der Waals surface area contributed by atoms with Crippen molar-refractivity contribution in [3.05, 3.63) is 58.8 Å². The second kappa shape index (κ2) is 8.85. The highest BCUT2D eigenvalue weighted by Gasteiger charge is 2.42. The number of hydrogen-bond donors (Lipinski definition) is 1. The standard InChI is InChI=1S/C19H20F3NO4/c1-3-26-16-11-14(19(20,21)22)13(18(25)27-4-2)10-15(16)23-17(24)12-8-6-5-7-9-12/h5-10,16H,3-4,11H2,1-2H3,(H,23,24). The first-order chi connectivity index (χ1) is 12.8. The number of hydrogen-bond acceptors (Lipinski definition) is 4. The van der Waals surface area contributed by atoms with Crippen LogP contribution in [-0.2, 0) is 14.3 Å². The van der Waals surface area contributed by atoms with Gasteiger partial charge in [-0.2, -0.15) is 13.2 Å². The van der Waals surface area contributed by atoms with E-state index in [1.165, 1.54) is 6.92 Å². The van der Waals surface area contributed by atoms with Gasteiger partial charge in [0.25, 0.3) is 5.91 Å². The minimum Gasteiger partial charge on any atom is -0.462 e. The zero-order valence-electron chi connectivity index (χ0n) is 14.9. The number of ether oxygens (including phenoxy) is 2. The number of benzene rings is 1. The third kappa shape index (κ3) is 5.19. The van der Waals surface area contributed by atoms with Gasteiger partial charge in [-0.3, -0.25) is 4.79 Å². The third-order valence-electron chi connectivity index (χ3n) is 3.86. The summed E-state index contributed by atoms with van der Waals surface area (Å²) in [4.78, 5) is 24.4. The zero-order valence-corrected chi connectivity index (χ0v) is 14.9. The number of alkyl halides is 3. The number of halogens is 3. The summed E-state index contributed by atoms with van der Waals surface area (Å²) >= 11 is 0. The molecule has 0 heterocycles. The van der Waals surface area contributed by atoms with Gasteiger partial charge in [-0.1, -0.05) is 18.2 Å². The highest BCUT2D eigenvalue weighted by atomic mass is 19.4. The van der Waals surface area contributed by atoms with Crippen molar-refractivity contribution >= 4 is 11.9 Å². The van der Waals surface area contributed by atoms with Crippen LogP contribution in [0.4, 0.5) is 13.2 Å². The van der Waals surface area contributed by atoms with Gasteiger partial charge in [-0.25, -0.2) is 4.79 Å². The van der Waals surface area contributed by atoms with Crippen LogP contribution in [0, 0.1) is 0 Å². The third-order valence-corrected chi connectivity index (χ3v) is 3.86. The molecule has 0 saturated heterocycles. The van der Waals surface area contributed by atoms with Gasteiger partial charge in [0.05, 0.1) is 17.8 Å². The summed E-state index contributed by atoms with van der Waals surface area (Å²) in [7, 11) is 0. The Morgan fingerprint density at radius 3 is 2.37 bits per heavy atom. The molecule has 0 aliphatic heterocycles. The van der Waals surface area contributed by atoms with Crippen molar-refractivity contribution in [1.29, 1.82) is 0 Å². The van der Waals surface area contributed by atoms with E-state index in [0.717, 1.165) is 6.08 Å². The number of carbonyl (C=O) groups is 2. The number of amides is 1. The first-order valence-electron chi connectivity index (χ1n) is 8.45. The van der Waals surface area contributed by atoms with Gasteiger partial charge in [0.15, 0.2) is 0 Å². The van der Waals surface area contributed by atoms with E-state index in [0.29, 0.717) is 5.56 Å². The van der Waals surface area contributed by atoms with Gasteiger partial charge in [-0.05, 0) is 32.1 Å². The van der Waals surface area contributed by atoms with Crippen LogP contribution in [0.25, 0.3) is 0 Å². The maximum Gasteiger partial charge on any atom is 0.413 e. The molecule has 1 N–H and O–H groups in total. The molecule has 1 unspecified atom stereocenters. The largest absolute Gasteiger partial charge is 0.462 e. The molecule has 0 radical (unpaired) electrons. The molecule has 1 aliphatic carbocycles. The zero-order chi connectivity index (χ0) is 20.0. The SMILES string of the molecule is CCOC(=O)C1=C(C(F)(F)F)CC(OCC)C(NC(=O)c2ccccc2)=C1. The van der Waals surface area contributed by atoms with Crippen LogP contribution in [0.5, 0.6) is 0 Å². The van der Waals surface area contributed by atoms with Crippen molar-refractivity contribution in [2.45, 2.75) is 32.5 Å². The van der Waals surface area contributed by atoms with Crippen LogP contribution >= 0.6 is 0 Å². The van der Waals surface area contributed by atoms with Gasteiger partial charge in [0.1, 0.15) is 6.10 Å². The lowest BCUT2D eigenvalue weighted by Crippen LogP contribution is -2.37. The van der Waals surface area contributed by atoms with Gasteiger partial charge in [0, 0.05) is 24.3 Å². The van der Waals surface area contributed by atoms with E-state index in [1.807, 2.05) is 0 Å². The maximum absolute atomic E-state index is 13.4. The Morgan fingerprint density at radius 1 is 1.15 bits per heavy atom. The Labute approximate surface area is 154 Å². The van der Waals surface area contributed by atoms with E-state index in [1.54, 1.807) is 37.3 Å². The van der Waals surface area contributed by atoms with E-state index < -0.39 is 41.7 Å². The fourth-order valence-corrected chi connectivity index (χ4v) is 2.66. The molecule has 1 aromatic carbocycles. The monoisotopic (exact) mass is 383 g/mol. The van der Waals surface area contributed by atoms with Crippen molar-refractivity contribution in [1.82, 2.24) is 5.32 Å². The van der Waals surface area contributed by atoms with Gasteiger partial charge in [-0.15, -0.1) is 0 Å². The summed E-state index contributed by atoms with van der Waals surface area (Å²) in [5.41, 5.74) is -1.24. The van der Waals surface area contributed by atoms with E-state index in [4.69, 9.17) is 9.47 Å². The molecule has 146 valence electrons. The van der Waals surface area contributed by atoms with E-state index >= 15 is 0 Å². The molecule has 2 rings (SSSR count). The minimum absolute atomic E-state index is 0.0676. The topological polar surface area (TPSA) is 64.6 Å². The van der Waals surface area contributed by atoms with Gasteiger partial charge in [0.2, 0.25) is 0 Å². The number of nitrogens with one attached hydrogen (secondary N) is 1. The number of rotatable bonds is 6. The van der Waals surface area contributed by atoms with E-state index in [2.05, 4.69) is 5.32 Å². The highest BCUT2D eigenvalue weighted by molar-refractivity contribution is 5.97. The average molecular weight is 383 g/mol. The fraction of sp³-hybridized carbons (Fsp3) is 0.368. The first kappa shape index (κ1) is 20.7. The lowest BCUT2D eigenvalue weighted by Gasteiger charge is -2.28. The van der Waals surface area contributed by atoms with Crippen molar-refractivity contribution in [3.8, 4) is 0 Å². The smallest absolute Gasteiger partial charge is 0.413 e. The molecular weight excluding hydrogens is 363 g/mol. The molecule has 0 spiro atoms. The fourth-order valence-electron chi connectivity index (χ4n) is 2.66. The molecule has 1 amide bonds. The summed E-state index contributed by atoms with van der Waals surface area (Å²) < 4.78 is 50.4. The molecule has 0 fully saturated rings. The predicted octanol–water partition coefficient (Wildman–Crippen LogP) is 3.53. The van der Waals surface area contributed by atoms with Gasteiger partial charge >= 0.3 is 12.1 Å². The molecule has 1 atom stereocenters. The van der Waals surface area contributed by atoms with Crippen molar-refractivity contribution < 1.29 is 32.2 Å². The van der Waals surface area contributed by atoms with Crippen LogP contribution in [-0.4, -0.2) is 37.4 Å². The van der Waals surface area contributed by atoms with Crippen molar-refractivity contribution in [3.63, 3.8) is 0 Å². The normalized spacial score (nSPS) is 17.4. The van der Waals surface area contributed by atoms with Crippen molar-refractivity contribution in [2.24, 2.45) is 0 Å². The lowest BCUT2D eigenvalue weighted by molar-refractivity contribution is -0.139.